The summed E-state index contributed by atoms with van der Waals surface area (Å²) in [5, 5.41) is 15.4. The summed E-state index contributed by atoms with van der Waals surface area (Å²) >= 11 is 0.824. The van der Waals surface area contributed by atoms with E-state index >= 15 is 0 Å². The maximum absolute atomic E-state index is 7.71. The summed E-state index contributed by atoms with van der Waals surface area (Å²) < 4.78 is 0.0417. The van der Waals surface area contributed by atoms with Gasteiger partial charge in [-0.05, 0) is 16.6 Å². The van der Waals surface area contributed by atoms with E-state index in [9.17, 15) is 0 Å². The molecule has 5 heavy (non-hydrogen) atoms. The van der Waals surface area contributed by atoms with Crippen LogP contribution in [0.1, 0.15) is 0 Å². The van der Waals surface area contributed by atoms with Crippen molar-refractivity contribution in [2.75, 3.05) is 6.26 Å². The van der Waals surface area contributed by atoms with Crippen LogP contribution in [0.5, 0.6) is 0 Å². The first-order valence-electron chi connectivity index (χ1n) is 0.991. The van der Waals surface area contributed by atoms with E-state index in [0.717, 1.165) is 11.9 Å². The van der Waals surface area contributed by atoms with Gasteiger partial charge in [0.25, 0.3) is 0 Å². The predicted molar refractivity (Wildman–Crippen MR) is 18.9 cm³/mol. The Kier molecular flexibility index (Phi) is 2.58. The molecule has 0 spiro atoms. The first-order valence-corrected chi connectivity index (χ1v) is 2.17. The van der Waals surface area contributed by atoms with Crippen molar-refractivity contribution in [3.05, 3.63) is 0 Å². The summed E-state index contributed by atoms with van der Waals surface area (Å²) in [6.07, 6.45) is 1.54. The lowest BCUT2D eigenvalue weighted by atomic mass is 12.0. The molecule has 0 aromatic rings. The van der Waals surface area contributed by atoms with Gasteiger partial charge in [0.15, 0.2) is 0 Å². The fourth-order valence-electron chi connectivity index (χ4n) is 0. The Bertz CT molecular complexity index is 23.6. The lowest BCUT2D eigenvalue weighted by molar-refractivity contribution is -0.216. The molecule has 0 unspecified atom stereocenters. The molecule has 0 atom stereocenters. The molecular formula is CH5NO2S. The van der Waals surface area contributed by atoms with E-state index < -0.39 is 0 Å². The predicted octanol–water partition coefficient (Wildman–Crippen LogP) is 0.345. The molecule has 0 aromatic carbocycles. The zero-order valence-corrected chi connectivity index (χ0v) is 3.57. The molecule has 2 N–H and O–H groups in total. The molecule has 0 aliphatic rings. The molecule has 4 heteroatoms. The van der Waals surface area contributed by atoms with Gasteiger partial charge in [-0.25, -0.2) is 0 Å². The summed E-state index contributed by atoms with van der Waals surface area (Å²) in [7, 11) is 0. The molecule has 0 radical (unpaired) electrons. The highest BCUT2D eigenvalue weighted by molar-refractivity contribution is 7.95. The van der Waals surface area contributed by atoms with E-state index in [1.165, 1.54) is 0 Å². The molecule has 0 saturated heterocycles. The number of hydrogen-bond donors (Lipinski definition) is 2. The normalized spacial score (nSPS) is 9.60. The summed E-state index contributed by atoms with van der Waals surface area (Å²) in [6, 6.07) is 0. The topological polar surface area (TPSA) is 43.7 Å². The van der Waals surface area contributed by atoms with Gasteiger partial charge in [-0.1, -0.05) is 0 Å². The quantitative estimate of drug-likeness (QED) is 0.364. The molecule has 0 saturated carbocycles. The summed E-state index contributed by atoms with van der Waals surface area (Å²) in [5.41, 5.74) is 0. The number of hydrogen-bond acceptors (Lipinski definition) is 4. The second-order valence-electron chi connectivity index (χ2n) is 0.435. The highest BCUT2D eigenvalue weighted by atomic mass is 32.2. The van der Waals surface area contributed by atoms with Gasteiger partial charge in [-0.15, -0.1) is 0 Å². The third kappa shape index (κ3) is 4.23. The van der Waals surface area contributed by atoms with Crippen molar-refractivity contribution < 1.29 is 10.4 Å². The van der Waals surface area contributed by atoms with E-state index in [2.05, 4.69) is 0 Å². The van der Waals surface area contributed by atoms with Crippen LogP contribution < -0.4 is 0 Å². The number of nitrogens with zero attached hydrogens (tertiary/aromatic N) is 1. The lowest BCUT2D eigenvalue weighted by Gasteiger charge is -1.93. The van der Waals surface area contributed by atoms with Gasteiger partial charge < -0.3 is 0 Å². The van der Waals surface area contributed by atoms with Gasteiger partial charge in [0.05, 0.1) is 0 Å². The van der Waals surface area contributed by atoms with Crippen LogP contribution in [0.4, 0.5) is 0 Å². The van der Waals surface area contributed by atoms with Gasteiger partial charge >= 0.3 is 0 Å². The molecule has 0 fully saturated rings. The molecule has 0 aliphatic carbocycles. The van der Waals surface area contributed by atoms with Gasteiger partial charge in [0.2, 0.25) is 0 Å². The maximum atomic E-state index is 7.71. The average molecular weight is 95.1 g/mol. The smallest absolute Gasteiger partial charge is 0.00111 e. The van der Waals surface area contributed by atoms with Crippen LogP contribution in [0.25, 0.3) is 0 Å². The minimum absolute atomic E-state index is 0.0417. The molecule has 0 rings (SSSR count). The number of rotatable bonds is 1. The minimum atomic E-state index is 0.0417. The monoisotopic (exact) mass is 95.0 g/mol. The van der Waals surface area contributed by atoms with Crippen LogP contribution in [-0.4, -0.2) is 21.3 Å². The Morgan fingerprint density at radius 3 is 1.80 bits per heavy atom. The van der Waals surface area contributed by atoms with Crippen molar-refractivity contribution in [3.63, 3.8) is 0 Å². The van der Waals surface area contributed by atoms with Crippen LogP contribution in [0.3, 0.4) is 0 Å². The summed E-state index contributed by atoms with van der Waals surface area (Å²) in [6.45, 7) is 0. The second-order valence-corrected chi connectivity index (χ2v) is 1.13. The fraction of sp³-hybridized carbons (Fsp3) is 1.00. The van der Waals surface area contributed by atoms with E-state index in [1.54, 1.807) is 6.26 Å². The molecule has 3 nitrogen and oxygen atoms in total. The Morgan fingerprint density at radius 1 is 1.60 bits per heavy atom. The van der Waals surface area contributed by atoms with Crippen LogP contribution >= 0.6 is 11.9 Å². The fourth-order valence-corrected chi connectivity index (χ4v) is 0. The van der Waals surface area contributed by atoms with Gasteiger partial charge in [0.1, 0.15) is 0 Å². The molecule has 0 aromatic heterocycles. The standard InChI is InChI=1S/CH5NO2S/c1-5-2(3)4/h3-4H,1H3. The summed E-state index contributed by atoms with van der Waals surface area (Å²) in [5.74, 6) is 0. The second kappa shape index (κ2) is 2.47. The Hall–Kier alpha value is 0.230. The zero-order chi connectivity index (χ0) is 4.28. The van der Waals surface area contributed by atoms with Crippen LogP contribution in [0.15, 0.2) is 0 Å². The average Bonchev–Trinajstić information content (AvgIpc) is 1.38. The third-order valence-electron chi connectivity index (χ3n) is 0.163. The highest BCUT2D eigenvalue weighted by Crippen LogP contribution is 1.90. The van der Waals surface area contributed by atoms with Crippen molar-refractivity contribution in [2.24, 2.45) is 0 Å². The van der Waals surface area contributed by atoms with Crippen molar-refractivity contribution in [3.8, 4) is 0 Å². The van der Waals surface area contributed by atoms with E-state index in [1.807, 2.05) is 0 Å². The minimum Gasteiger partial charge on any atom is -0.280 e. The Morgan fingerprint density at radius 2 is 1.80 bits per heavy atom. The first-order chi connectivity index (χ1) is 2.27. The lowest BCUT2D eigenvalue weighted by Crippen LogP contribution is -1.98. The van der Waals surface area contributed by atoms with Gasteiger partial charge in [0, 0.05) is 6.26 Å². The highest BCUT2D eigenvalue weighted by Gasteiger charge is 1.78. The van der Waals surface area contributed by atoms with Crippen molar-refractivity contribution >= 4 is 11.9 Å². The zero-order valence-electron chi connectivity index (χ0n) is 2.75. The van der Waals surface area contributed by atoms with Crippen molar-refractivity contribution in [1.82, 2.24) is 4.63 Å². The van der Waals surface area contributed by atoms with Crippen LogP contribution in [0, 0.1) is 0 Å². The Balaban J connectivity index is 2.54. The van der Waals surface area contributed by atoms with E-state index in [4.69, 9.17) is 10.4 Å². The molecule has 0 amide bonds. The van der Waals surface area contributed by atoms with Gasteiger partial charge in [-0.3, -0.25) is 10.4 Å². The van der Waals surface area contributed by atoms with Crippen LogP contribution in [0.2, 0.25) is 0 Å². The first kappa shape index (κ1) is 5.23. The molecule has 0 aliphatic heterocycles. The van der Waals surface area contributed by atoms with Crippen LogP contribution in [-0.2, 0) is 0 Å². The van der Waals surface area contributed by atoms with Gasteiger partial charge in [-0.2, -0.15) is 0 Å². The molecule has 32 valence electrons. The molecule has 0 heterocycles. The SMILES string of the molecule is CSN(O)O. The van der Waals surface area contributed by atoms with E-state index in [-0.39, 0.29) is 4.63 Å². The van der Waals surface area contributed by atoms with E-state index in [0.29, 0.717) is 0 Å². The molecular weight excluding hydrogens is 90.1 g/mol. The largest absolute Gasteiger partial charge is 0.280 e. The third-order valence-corrected chi connectivity index (χ3v) is 0.490. The van der Waals surface area contributed by atoms with Crippen molar-refractivity contribution in [2.45, 2.75) is 0 Å². The van der Waals surface area contributed by atoms with Crippen molar-refractivity contribution in [1.29, 1.82) is 0 Å². The summed E-state index contributed by atoms with van der Waals surface area (Å²) in [4.78, 5) is 0. The maximum Gasteiger partial charge on any atom is 0.00111 e. The Labute approximate surface area is 34.3 Å². The molecule has 0 bridgehead atoms.